The predicted octanol–water partition coefficient (Wildman–Crippen LogP) is 9.55. The van der Waals surface area contributed by atoms with Crippen LogP contribution in [0.3, 0.4) is 0 Å². The lowest BCUT2D eigenvalue weighted by Crippen LogP contribution is -2.03. The Balaban J connectivity index is 0.000000162. The van der Waals surface area contributed by atoms with E-state index in [1.165, 1.54) is 12.1 Å². The molecule has 10 heteroatoms. The van der Waals surface area contributed by atoms with E-state index in [-0.39, 0.29) is 0 Å². The zero-order valence-electron chi connectivity index (χ0n) is 28.3. The number of benzene rings is 4. The van der Waals surface area contributed by atoms with Gasteiger partial charge in [-0.05, 0) is 74.2 Å². The molecular weight excluding hydrogens is 664 g/mol. The third-order valence-corrected chi connectivity index (χ3v) is 8.21. The Morgan fingerprint density at radius 2 is 0.788 bits per heavy atom. The summed E-state index contributed by atoms with van der Waals surface area (Å²) in [5, 5.41) is 3.26. The van der Waals surface area contributed by atoms with Crippen molar-refractivity contribution in [2.75, 3.05) is 26.4 Å². The normalized spacial score (nSPS) is 11.1. The second-order valence-electron chi connectivity index (χ2n) is 11.8. The molecule has 0 amide bonds. The Morgan fingerprint density at radius 1 is 0.404 bits per heavy atom. The molecule has 4 aromatic carbocycles. The van der Waals surface area contributed by atoms with Crippen molar-refractivity contribution < 1.29 is 36.6 Å². The topological polar surface area (TPSA) is 124 Å². The number of rotatable bonds is 14. The van der Waals surface area contributed by atoms with Gasteiger partial charge < -0.3 is 36.6 Å². The van der Waals surface area contributed by atoms with Gasteiger partial charge >= 0.3 is 11.3 Å². The van der Waals surface area contributed by atoms with Crippen LogP contribution in [0, 0.1) is 0 Å². The first-order valence-electron chi connectivity index (χ1n) is 17.1. The van der Waals surface area contributed by atoms with E-state index in [9.17, 15) is 9.59 Å². The molecule has 0 aliphatic heterocycles. The first-order valence-corrected chi connectivity index (χ1v) is 17.1. The number of ether oxygens (including phenoxy) is 4. The van der Waals surface area contributed by atoms with Gasteiger partial charge in [-0.1, -0.05) is 36.4 Å². The third kappa shape index (κ3) is 8.30. The van der Waals surface area contributed by atoms with E-state index in [1.54, 1.807) is 36.8 Å². The van der Waals surface area contributed by atoms with Crippen molar-refractivity contribution in [1.29, 1.82) is 0 Å². The van der Waals surface area contributed by atoms with Gasteiger partial charge in [-0.25, -0.2) is 9.59 Å². The van der Waals surface area contributed by atoms with Gasteiger partial charge in [0, 0.05) is 24.3 Å². The lowest BCUT2D eigenvalue weighted by Gasteiger charge is -2.10. The zero-order valence-corrected chi connectivity index (χ0v) is 28.3. The van der Waals surface area contributed by atoms with Crippen LogP contribution in [0.5, 0.6) is 23.0 Å². The van der Waals surface area contributed by atoms with Gasteiger partial charge in [0.05, 0.1) is 60.5 Å². The molecule has 0 radical (unpaired) electrons. The molecule has 0 aliphatic rings. The van der Waals surface area contributed by atoms with Crippen molar-refractivity contribution in [2.45, 2.75) is 25.7 Å². The van der Waals surface area contributed by atoms with Crippen LogP contribution in [0.1, 0.15) is 25.7 Å². The number of fused-ring (bicyclic) bond motifs is 4. The Bertz CT molecular complexity index is 2300. The number of furan rings is 2. The molecule has 0 bridgehead atoms. The van der Waals surface area contributed by atoms with Crippen LogP contribution in [0.2, 0.25) is 0 Å². The van der Waals surface area contributed by atoms with Gasteiger partial charge in [0.2, 0.25) is 0 Å². The molecule has 0 fully saturated rings. The number of unbranched alkanes of at least 4 members (excludes halogenated alkanes) is 2. The minimum Gasteiger partial charge on any atom is -0.494 e. The minimum absolute atomic E-state index is 0.396. The quantitative estimate of drug-likeness (QED) is 0.0800. The zero-order chi connectivity index (χ0) is 35.5. The summed E-state index contributed by atoms with van der Waals surface area (Å²) in [5.41, 5.74) is 1.40. The molecular formula is C42H36O10. The lowest BCUT2D eigenvalue weighted by molar-refractivity contribution is 0.269. The molecule has 4 aromatic heterocycles. The van der Waals surface area contributed by atoms with Crippen LogP contribution >= 0.6 is 0 Å². The van der Waals surface area contributed by atoms with Crippen molar-refractivity contribution in [3.05, 3.63) is 143 Å². The van der Waals surface area contributed by atoms with Crippen molar-refractivity contribution in [1.82, 2.24) is 0 Å². The van der Waals surface area contributed by atoms with Crippen molar-refractivity contribution in [3.63, 3.8) is 0 Å². The summed E-state index contributed by atoms with van der Waals surface area (Å²) in [6.07, 6.45) is 6.65. The standard InChI is InChI=1S/2C21H18O5/c2*22-20-9-8-16-19(26-20)14-18-17(10-13-24-18)21(16)25-12-5-4-11-23-15-6-2-1-3-7-15/h2*1-3,6-10,13-14H,4-5,11-12H2. The molecule has 264 valence electrons. The van der Waals surface area contributed by atoms with Gasteiger partial charge in [-0.3, -0.25) is 0 Å². The highest BCUT2D eigenvalue weighted by Gasteiger charge is 2.14. The lowest BCUT2D eigenvalue weighted by atomic mass is 10.1. The second kappa shape index (κ2) is 16.5. The van der Waals surface area contributed by atoms with E-state index >= 15 is 0 Å². The van der Waals surface area contributed by atoms with Crippen molar-refractivity contribution in [3.8, 4) is 23.0 Å². The predicted molar refractivity (Wildman–Crippen MR) is 198 cm³/mol. The fourth-order valence-electron chi connectivity index (χ4n) is 5.70. The van der Waals surface area contributed by atoms with Crippen LogP contribution in [-0.2, 0) is 0 Å². The maximum atomic E-state index is 11.5. The third-order valence-electron chi connectivity index (χ3n) is 8.21. The molecule has 52 heavy (non-hydrogen) atoms. The summed E-state index contributed by atoms with van der Waals surface area (Å²) in [4.78, 5) is 22.9. The molecule has 0 N–H and O–H groups in total. The summed E-state index contributed by atoms with van der Waals surface area (Å²) in [5.74, 6) is 3.10. The molecule has 4 heterocycles. The molecule has 8 rings (SSSR count). The summed E-state index contributed by atoms with van der Waals surface area (Å²) >= 11 is 0. The van der Waals surface area contributed by atoms with E-state index in [0.29, 0.717) is 60.3 Å². The Labute approximate surface area is 297 Å². The first-order chi connectivity index (χ1) is 25.6. The monoisotopic (exact) mass is 700 g/mol. The van der Waals surface area contributed by atoms with Gasteiger partial charge in [-0.2, -0.15) is 0 Å². The summed E-state index contributed by atoms with van der Waals surface area (Å²) < 4.78 is 44.8. The minimum atomic E-state index is -0.396. The summed E-state index contributed by atoms with van der Waals surface area (Å²) in [6.45, 7) is 2.35. The van der Waals surface area contributed by atoms with E-state index in [4.69, 9.17) is 36.6 Å². The van der Waals surface area contributed by atoms with Gasteiger partial charge in [0.15, 0.2) is 0 Å². The first kappa shape index (κ1) is 34.0. The van der Waals surface area contributed by atoms with Crippen molar-refractivity contribution in [2.24, 2.45) is 0 Å². The maximum Gasteiger partial charge on any atom is 0.336 e. The SMILES string of the molecule is O=c1ccc2c(OCCCCOc3ccccc3)c3ccoc3cc2o1.O=c1ccc2c(OCCCCOc3ccccc3)c3ccoc3cc2o1. The highest BCUT2D eigenvalue weighted by Crippen LogP contribution is 2.36. The molecule has 0 unspecified atom stereocenters. The van der Waals surface area contributed by atoms with Crippen LogP contribution in [0.15, 0.2) is 149 Å². The molecule has 0 atom stereocenters. The maximum absolute atomic E-state index is 11.5. The summed E-state index contributed by atoms with van der Waals surface area (Å²) in [7, 11) is 0. The fourth-order valence-corrected chi connectivity index (χ4v) is 5.70. The molecule has 0 saturated carbocycles. The Kier molecular flexibility index (Phi) is 10.8. The average Bonchev–Trinajstić information content (AvgIpc) is 3.84. The molecule has 0 spiro atoms. The van der Waals surface area contributed by atoms with Crippen molar-refractivity contribution >= 4 is 43.9 Å². The van der Waals surface area contributed by atoms with E-state index in [1.807, 2.05) is 72.8 Å². The second-order valence-corrected chi connectivity index (χ2v) is 11.8. The van der Waals surface area contributed by atoms with Gasteiger partial charge in [0.25, 0.3) is 0 Å². The van der Waals surface area contributed by atoms with Gasteiger partial charge in [-0.15, -0.1) is 0 Å². The molecule has 8 aromatic rings. The number of hydrogen-bond donors (Lipinski definition) is 0. The number of hydrogen-bond acceptors (Lipinski definition) is 10. The van der Waals surface area contributed by atoms with E-state index in [2.05, 4.69) is 0 Å². The van der Waals surface area contributed by atoms with Crippen LogP contribution < -0.4 is 30.2 Å². The molecule has 0 aliphatic carbocycles. The van der Waals surface area contributed by atoms with Gasteiger partial charge in [0.1, 0.15) is 45.3 Å². The average molecular weight is 701 g/mol. The van der Waals surface area contributed by atoms with E-state index < -0.39 is 11.3 Å². The van der Waals surface area contributed by atoms with Crippen LogP contribution in [0.25, 0.3) is 43.9 Å². The highest BCUT2D eigenvalue weighted by molar-refractivity contribution is 6.02. The fraction of sp³-hybridized carbons (Fsp3) is 0.190. The number of para-hydroxylation sites is 2. The highest BCUT2D eigenvalue weighted by atomic mass is 16.5. The van der Waals surface area contributed by atoms with E-state index in [0.717, 1.165) is 58.7 Å². The van der Waals surface area contributed by atoms with Crippen LogP contribution in [0.4, 0.5) is 0 Å². The summed E-state index contributed by atoms with van der Waals surface area (Å²) in [6, 6.07) is 32.9. The molecule has 10 nitrogen and oxygen atoms in total. The smallest absolute Gasteiger partial charge is 0.336 e. The Morgan fingerprint density at radius 3 is 1.21 bits per heavy atom. The largest absolute Gasteiger partial charge is 0.494 e. The Hall–Kier alpha value is -6.42. The molecule has 0 saturated heterocycles. The van der Waals surface area contributed by atoms with Crippen LogP contribution in [-0.4, -0.2) is 26.4 Å².